The van der Waals surface area contributed by atoms with Crippen LogP contribution >= 0.6 is 0 Å². The van der Waals surface area contributed by atoms with Crippen molar-refractivity contribution in [2.75, 3.05) is 13.2 Å². The SMILES string of the molecule is O=C(O)[C@@H]1[C@H](C(=O)NCCOCc2ccccc2)[C@H]2C=C[C@H]1C2. The Morgan fingerprint density at radius 3 is 2.52 bits per heavy atom. The molecule has 23 heavy (non-hydrogen) atoms. The number of carboxylic acid groups (broad SMARTS) is 1. The molecule has 5 nitrogen and oxygen atoms in total. The van der Waals surface area contributed by atoms with Crippen molar-refractivity contribution in [3.05, 3.63) is 48.0 Å². The highest BCUT2D eigenvalue weighted by molar-refractivity contribution is 5.86. The second-order valence-electron chi connectivity index (χ2n) is 6.17. The average molecular weight is 315 g/mol. The summed E-state index contributed by atoms with van der Waals surface area (Å²) in [7, 11) is 0. The lowest BCUT2D eigenvalue weighted by molar-refractivity contribution is -0.147. The topological polar surface area (TPSA) is 75.6 Å². The van der Waals surface area contributed by atoms with E-state index in [-0.39, 0.29) is 17.7 Å². The Morgan fingerprint density at radius 1 is 1.13 bits per heavy atom. The maximum Gasteiger partial charge on any atom is 0.307 e. The van der Waals surface area contributed by atoms with Crippen molar-refractivity contribution < 1.29 is 19.4 Å². The van der Waals surface area contributed by atoms with Gasteiger partial charge in [-0.25, -0.2) is 0 Å². The van der Waals surface area contributed by atoms with Gasteiger partial charge in [0.05, 0.1) is 25.0 Å². The number of hydrogen-bond acceptors (Lipinski definition) is 3. The number of nitrogens with one attached hydrogen (secondary N) is 1. The van der Waals surface area contributed by atoms with Crippen molar-refractivity contribution in [3.63, 3.8) is 0 Å². The number of hydrogen-bond donors (Lipinski definition) is 2. The first-order valence-electron chi connectivity index (χ1n) is 7.97. The number of carboxylic acids is 1. The first-order valence-corrected chi connectivity index (χ1v) is 7.97. The van der Waals surface area contributed by atoms with Crippen LogP contribution in [0.1, 0.15) is 12.0 Å². The lowest BCUT2D eigenvalue weighted by atomic mass is 9.82. The smallest absolute Gasteiger partial charge is 0.307 e. The summed E-state index contributed by atoms with van der Waals surface area (Å²) in [5, 5.41) is 12.2. The molecule has 4 atom stereocenters. The Kier molecular flexibility index (Phi) is 4.76. The normalized spacial score (nSPS) is 28.0. The fourth-order valence-corrected chi connectivity index (χ4v) is 3.64. The van der Waals surface area contributed by atoms with Gasteiger partial charge < -0.3 is 15.2 Å². The Hall–Kier alpha value is -2.14. The first kappa shape index (κ1) is 15.7. The van der Waals surface area contributed by atoms with Crippen LogP contribution in [-0.2, 0) is 20.9 Å². The van der Waals surface area contributed by atoms with Gasteiger partial charge in [-0.05, 0) is 23.8 Å². The summed E-state index contributed by atoms with van der Waals surface area (Å²) < 4.78 is 5.52. The van der Waals surface area contributed by atoms with E-state index in [9.17, 15) is 14.7 Å². The van der Waals surface area contributed by atoms with E-state index >= 15 is 0 Å². The minimum Gasteiger partial charge on any atom is -0.481 e. The van der Waals surface area contributed by atoms with Crippen molar-refractivity contribution in [2.45, 2.75) is 13.0 Å². The van der Waals surface area contributed by atoms with Crippen molar-refractivity contribution in [2.24, 2.45) is 23.7 Å². The summed E-state index contributed by atoms with van der Waals surface area (Å²) in [6, 6.07) is 9.83. The van der Waals surface area contributed by atoms with Crippen LogP contribution in [0.4, 0.5) is 0 Å². The summed E-state index contributed by atoms with van der Waals surface area (Å²) in [4.78, 5) is 23.7. The molecule has 1 fully saturated rings. The lowest BCUT2D eigenvalue weighted by Gasteiger charge is -2.23. The van der Waals surface area contributed by atoms with E-state index < -0.39 is 17.8 Å². The highest BCUT2D eigenvalue weighted by Crippen LogP contribution is 2.48. The second kappa shape index (κ2) is 6.96. The number of aliphatic carboxylic acids is 1. The molecule has 2 aliphatic carbocycles. The van der Waals surface area contributed by atoms with E-state index in [0.717, 1.165) is 12.0 Å². The number of benzene rings is 1. The minimum atomic E-state index is -0.873. The standard InChI is InChI=1S/C18H21NO4/c20-17(15-13-6-7-14(10-13)16(15)18(21)22)19-8-9-23-11-12-4-2-1-3-5-12/h1-7,13-16H,8-11H2,(H,19,20)(H,21,22)/t13-,14-,15+,16-/m0/s1. The van der Waals surface area contributed by atoms with E-state index in [0.29, 0.717) is 19.8 Å². The van der Waals surface area contributed by atoms with Crippen LogP contribution in [0.3, 0.4) is 0 Å². The molecule has 2 N–H and O–H groups in total. The second-order valence-corrected chi connectivity index (χ2v) is 6.17. The number of carbonyl (C=O) groups excluding carboxylic acids is 1. The van der Waals surface area contributed by atoms with Gasteiger partial charge in [-0.3, -0.25) is 9.59 Å². The summed E-state index contributed by atoms with van der Waals surface area (Å²) in [5.74, 6) is -2.01. The zero-order valence-corrected chi connectivity index (χ0v) is 12.9. The predicted octanol–water partition coefficient (Wildman–Crippen LogP) is 1.84. The molecule has 3 rings (SSSR count). The third-order valence-electron chi connectivity index (χ3n) is 4.70. The summed E-state index contributed by atoms with van der Waals surface area (Å²) in [6.07, 6.45) is 4.70. The quantitative estimate of drug-likeness (QED) is 0.595. The zero-order chi connectivity index (χ0) is 16.2. The number of allylic oxidation sites excluding steroid dienone is 2. The monoisotopic (exact) mass is 315 g/mol. The van der Waals surface area contributed by atoms with E-state index in [4.69, 9.17) is 4.74 Å². The van der Waals surface area contributed by atoms with Gasteiger partial charge >= 0.3 is 5.97 Å². The molecule has 0 radical (unpaired) electrons. The Labute approximate surface area is 135 Å². The molecule has 2 bridgehead atoms. The van der Waals surface area contributed by atoms with Crippen LogP contribution < -0.4 is 5.32 Å². The number of ether oxygens (including phenoxy) is 1. The molecule has 1 saturated carbocycles. The fraction of sp³-hybridized carbons (Fsp3) is 0.444. The molecule has 0 saturated heterocycles. The molecule has 122 valence electrons. The van der Waals surface area contributed by atoms with Crippen LogP contribution in [0.5, 0.6) is 0 Å². The molecule has 0 aromatic heterocycles. The molecule has 5 heteroatoms. The van der Waals surface area contributed by atoms with E-state index in [1.54, 1.807) is 0 Å². The molecule has 0 heterocycles. The van der Waals surface area contributed by atoms with Gasteiger partial charge in [0.1, 0.15) is 0 Å². The minimum absolute atomic E-state index is 0.00239. The lowest BCUT2D eigenvalue weighted by Crippen LogP contribution is -2.41. The molecule has 1 aromatic carbocycles. The highest BCUT2D eigenvalue weighted by Gasteiger charge is 2.51. The van der Waals surface area contributed by atoms with Crippen LogP contribution in [0.15, 0.2) is 42.5 Å². The van der Waals surface area contributed by atoms with Gasteiger partial charge in [0, 0.05) is 6.54 Å². The van der Waals surface area contributed by atoms with Gasteiger partial charge in [-0.15, -0.1) is 0 Å². The van der Waals surface area contributed by atoms with Crippen LogP contribution in [-0.4, -0.2) is 30.1 Å². The fourth-order valence-electron chi connectivity index (χ4n) is 3.64. The Morgan fingerprint density at radius 2 is 1.83 bits per heavy atom. The molecule has 2 aliphatic rings. The van der Waals surface area contributed by atoms with Crippen molar-refractivity contribution in [3.8, 4) is 0 Å². The van der Waals surface area contributed by atoms with Gasteiger partial charge in [0.2, 0.25) is 5.91 Å². The van der Waals surface area contributed by atoms with Gasteiger partial charge in [0.25, 0.3) is 0 Å². The Balaban J connectivity index is 1.43. The number of fused-ring (bicyclic) bond motifs is 2. The number of carbonyl (C=O) groups is 2. The predicted molar refractivity (Wildman–Crippen MR) is 84.5 cm³/mol. The largest absolute Gasteiger partial charge is 0.481 e. The summed E-state index contributed by atoms with van der Waals surface area (Å²) in [6.45, 7) is 1.32. The number of amides is 1. The highest BCUT2D eigenvalue weighted by atomic mass is 16.5. The first-order chi connectivity index (χ1) is 11.2. The van der Waals surface area contributed by atoms with Crippen LogP contribution in [0.2, 0.25) is 0 Å². The third kappa shape index (κ3) is 3.45. The molecule has 0 spiro atoms. The van der Waals surface area contributed by atoms with Gasteiger partial charge in [-0.1, -0.05) is 42.5 Å². The van der Waals surface area contributed by atoms with Gasteiger partial charge in [0.15, 0.2) is 0 Å². The van der Waals surface area contributed by atoms with Crippen molar-refractivity contribution in [1.29, 1.82) is 0 Å². The van der Waals surface area contributed by atoms with Gasteiger partial charge in [-0.2, -0.15) is 0 Å². The number of rotatable bonds is 7. The molecule has 0 aliphatic heterocycles. The summed E-state index contributed by atoms with van der Waals surface area (Å²) >= 11 is 0. The Bertz CT molecular complexity index is 598. The molecule has 1 amide bonds. The third-order valence-corrected chi connectivity index (χ3v) is 4.70. The zero-order valence-electron chi connectivity index (χ0n) is 12.9. The van der Waals surface area contributed by atoms with Crippen molar-refractivity contribution in [1.82, 2.24) is 5.32 Å². The molecular formula is C18H21NO4. The molecule has 0 unspecified atom stereocenters. The maximum atomic E-state index is 12.3. The van der Waals surface area contributed by atoms with E-state index in [1.165, 1.54) is 0 Å². The van der Waals surface area contributed by atoms with E-state index in [2.05, 4.69) is 5.32 Å². The molecule has 1 aromatic rings. The maximum absolute atomic E-state index is 12.3. The summed E-state index contributed by atoms with van der Waals surface area (Å²) in [5.41, 5.74) is 1.09. The van der Waals surface area contributed by atoms with Crippen molar-refractivity contribution >= 4 is 11.9 Å². The average Bonchev–Trinajstić information content (AvgIpc) is 3.16. The van der Waals surface area contributed by atoms with Crippen LogP contribution in [0, 0.1) is 23.7 Å². The van der Waals surface area contributed by atoms with Crippen LogP contribution in [0.25, 0.3) is 0 Å². The van der Waals surface area contributed by atoms with E-state index in [1.807, 2.05) is 42.5 Å². The molecular weight excluding hydrogens is 294 g/mol.